The summed E-state index contributed by atoms with van der Waals surface area (Å²) in [5, 5.41) is 15.3. The molecule has 1 aliphatic carbocycles. The Labute approximate surface area is 241 Å². The van der Waals surface area contributed by atoms with E-state index < -0.39 is 5.97 Å². The highest BCUT2D eigenvalue weighted by atomic mass is 32.1. The van der Waals surface area contributed by atoms with E-state index in [2.05, 4.69) is 21.5 Å². The fraction of sp³-hybridized carbons (Fsp3) is 0.188. The van der Waals surface area contributed by atoms with Crippen molar-refractivity contribution in [1.82, 2.24) is 9.97 Å². The molecule has 2 heterocycles. The number of nitrogens with zero attached hydrogens (tertiary/aromatic N) is 3. The average molecular weight is 565 g/mol. The van der Waals surface area contributed by atoms with Gasteiger partial charge in [0.05, 0.1) is 34.8 Å². The third-order valence-electron chi connectivity index (χ3n) is 6.78. The summed E-state index contributed by atoms with van der Waals surface area (Å²) >= 11 is 1.57. The maximum Gasteiger partial charge on any atom is 0.358 e. The van der Waals surface area contributed by atoms with Crippen LogP contribution in [0.15, 0.2) is 90.0 Å². The molecule has 5 aromatic rings. The number of para-hydroxylation sites is 2. The Balaban J connectivity index is 1.17. The van der Waals surface area contributed by atoms with Gasteiger partial charge in [0.25, 0.3) is 0 Å². The zero-order valence-corrected chi connectivity index (χ0v) is 23.1. The molecule has 1 aliphatic rings. The number of hydrogen-bond donors (Lipinski definition) is 2. The van der Waals surface area contributed by atoms with Crippen molar-refractivity contribution in [3.05, 3.63) is 102 Å². The van der Waals surface area contributed by atoms with E-state index in [1.165, 1.54) is 5.56 Å². The minimum Gasteiger partial charge on any atom is -0.493 e. The van der Waals surface area contributed by atoms with Crippen molar-refractivity contribution < 1.29 is 19.4 Å². The minimum atomic E-state index is -1.14. The van der Waals surface area contributed by atoms with Crippen LogP contribution in [0, 0.1) is 0 Å². The summed E-state index contributed by atoms with van der Waals surface area (Å²) < 4.78 is 12.6. The molecule has 0 amide bonds. The van der Waals surface area contributed by atoms with E-state index >= 15 is 0 Å². The Morgan fingerprint density at radius 3 is 2.61 bits per heavy atom. The molecule has 0 atom stereocenters. The zero-order chi connectivity index (χ0) is 28.0. The Morgan fingerprint density at radius 2 is 1.76 bits per heavy atom. The predicted octanol–water partition coefficient (Wildman–Crippen LogP) is 7.06. The largest absolute Gasteiger partial charge is 0.493 e. The van der Waals surface area contributed by atoms with Crippen LogP contribution in [0.1, 0.15) is 40.9 Å². The molecule has 3 aromatic carbocycles. The number of hydrazone groups is 1. The molecule has 2 aromatic heterocycles. The summed E-state index contributed by atoms with van der Waals surface area (Å²) in [7, 11) is 0. The van der Waals surface area contributed by atoms with Gasteiger partial charge in [-0.2, -0.15) is 5.10 Å². The average Bonchev–Trinajstić information content (AvgIpc) is 3.43. The van der Waals surface area contributed by atoms with Gasteiger partial charge in [-0.05, 0) is 67.3 Å². The number of aromatic carboxylic acids is 1. The van der Waals surface area contributed by atoms with Crippen molar-refractivity contribution in [2.24, 2.45) is 5.10 Å². The smallest absolute Gasteiger partial charge is 0.358 e. The van der Waals surface area contributed by atoms with Gasteiger partial charge in [0.2, 0.25) is 5.13 Å². The van der Waals surface area contributed by atoms with Gasteiger partial charge in [-0.3, -0.25) is 5.43 Å². The SMILES string of the molecule is O=C(O)c1nc(-c2ccc3c(c2)/C(=N/Nc2nc4ccccc4s2)CCC3)ccc1OCCCOc1ccccc1. The second-order valence-electron chi connectivity index (χ2n) is 9.59. The molecular formula is C32H28N4O4S. The second-order valence-corrected chi connectivity index (χ2v) is 10.6. The van der Waals surface area contributed by atoms with Crippen LogP contribution in [0.2, 0.25) is 0 Å². The van der Waals surface area contributed by atoms with Crippen LogP contribution < -0.4 is 14.9 Å². The van der Waals surface area contributed by atoms with Crippen LogP contribution in [0.4, 0.5) is 5.13 Å². The molecule has 206 valence electrons. The third-order valence-corrected chi connectivity index (χ3v) is 7.72. The molecule has 41 heavy (non-hydrogen) atoms. The molecular weight excluding hydrogens is 536 g/mol. The number of carboxylic acids is 1. The topological polar surface area (TPSA) is 106 Å². The normalized spacial score (nSPS) is 13.6. The molecule has 0 spiro atoms. The lowest BCUT2D eigenvalue weighted by Gasteiger charge is -2.19. The number of nitrogens with one attached hydrogen (secondary N) is 1. The molecule has 0 bridgehead atoms. The number of thiazole rings is 1. The fourth-order valence-corrected chi connectivity index (χ4v) is 5.59. The molecule has 0 fully saturated rings. The lowest BCUT2D eigenvalue weighted by atomic mass is 9.88. The van der Waals surface area contributed by atoms with Crippen molar-refractivity contribution >= 4 is 38.4 Å². The number of pyridine rings is 1. The van der Waals surface area contributed by atoms with Gasteiger partial charge in [-0.25, -0.2) is 14.8 Å². The molecule has 9 heteroatoms. The lowest BCUT2D eigenvalue weighted by molar-refractivity contribution is 0.0685. The highest BCUT2D eigenvalue weighted by Crippen LogP contribution is 2.30. The first-order valence-corrected chi connectivity index (χ1v) is 14.3. The second kappa shape index (κ2) is 12.2. The van der Waals surface area contributed by atoms with Crippen LogP contribution in [-0.2, 0) is 6.42 Å². The van der Waals surface area contributed by atoms with Crippen molar-refractivity contribution in [3.8, 4) is 22.8 Å². The molecule has 6 rings (SSSR count). The van der Waals surface area contributed by atoms with Crippen LogP contribution >= 0.6 is 11.3 Å². The van der Waals surface area contributed by atoms with Crippen molar-refractivity contribution in [3.63, 3.8) is 0 Å². The molecule has 2 N–H and O–H groups in total. The molecule has 8 nitrogen and oxygen atoms in total. The first-order valence-electron chi connectivity index (χ1n) is 13.5. The minimum absolute atomic E-state index is 0.115. The summed E-state index contributed by atoms with van der Waals surface area (Å²) in [6, 6.07) is 27.1. The van der Waals surface area contributed by atoms with Crippen LogP contribution in [0.25, 0.3) is 21.5 Å². The van der Waals surface area contributed by atoms with Crippen molar-refractivity contribution in [2.75, 3.05) is 18.6 Å². The van der Waals surface area contributed by atoms with E-state index in [1.54, 1.807) is 23.5 Å². The summed E-state index contributed by atoms with van der Waals surface area (Å²) in [4.78, 5) is 21.1. The Bertz CT molecular complexity index is 1680. The lowest BCUT2D eigenvalue weighted by Crippen LogP contribution is -2.14. The van der Waals surface area contributed by atoms with E-state index in [-0.39, 0.29) is 11.4 Å². The molecule has 0 aliphatic heterocycles. The summed E-state index contributed by atoms with van der Waals surface area (Å²) in [5.74, 6) is -0.112. The monoisotopic (exact) mass is 564 g/mol. The van der Waals surface area contributed by atoms with E-state index in [1.807, 2.05) is 66.7 Å². The highest BCUT2D eigenvalue weighted by Gasteiger charge is 2.19. The zero-order valence-electron chi connectivity index (χ0n) is 22.2. The van der Waals surface area contributed by atoms with E-state index in [9.17, 15) is 9.90 Å². The number of carboxylic acid groups (broad SMARTS) is 1. The van der Waals surface area contributed by atoms with Crippen LogP contribution in [0.5, 0.6) is 11.5 Å². The fourth-order valence-electron chi connectivity index (χ4n) is 4.78. The number of carbonyl (C=O) groups is 1. The number of ether oxygens (including phenoxy) is 2. The van der Waals surface area contributed by atoms with E-state index in [0.717, 1.165) is 57.2 Å². The number of aryl methyl sites for hydroxylation is 1. The first kappa shape index (κ1) is 26.5. The number of fused-ring (bicyclic) bond motifs is 2. The first-order chi connectivity index (χ1) is 20.1. The van der Waals surface area contributed by atoms with Gasteiger partial charge in [0, 0.05) is 17.5 Å². The van der Waals surface area contributed by atoms with E-state index in [0.29, 0.717) is 25.3 Å². The Kier molecular flexibility index (Phi) is 7.86. The summed E-state index contributed by atoms with van der Waals surface area (Å²) in [5.41, 5.74) is 8.56. The number of hydrogen-bond acceptors (Lipinski definition) is 8. The maximum atomic E-state index is 12.0. The van der Waals surface area contributed by atoms with Crippen molar-refractivity contribution in [1.29, 1.82) is 0 Å². The van der Waals surface area contributed by atoms with Crippen molar-refractivity contribution in [2.45, 2.75) is 25.7 Å². The Morgan fingerprint density at radius 1 is 0.927 bits per heavy atom. The standard InChI is InChI=1S/C32H28N4O4S/c37-31(38)30-28(40-19-7-18-39-23-9-2-1-3-10-23)17-16-25(33-30)22-15-14-21-8-6-12-26(24(21)20-22)35-36-32-34-27-11-4-5-13-29(27)41-32/h1-5,9-11,13-17,20H,6-8,12,18-19H2,(H,34,36)(H,37,38)/b35-26+. The van der Waals surface area contributed by atoms with E-state index in [4.69, 9.17) is 14.6 Å². The van der Waals surface area contributed by atoms with Gasteiger partial charge in [0.1, 0.15) is 5.75 Å². The summed E-state index contributed by atoms with van der Waals surface area (Å²) in [6.07, 6.45) is 3.41. The van der Waals surface area contributed by atoms with Gasteiger partial charge >= 0.3 is 5.97 Å². The molecule has 0 radical (unpaired) electrons. The van der Waals surface area contributed by atoms with Gasteiger partial charge < -0.3 is 14.6 Å². The predicted molar refractivity (Wildman–Crippen MR) is 161 cm³/mol. The number of anilines is 1. The Hall–Kier alpha value is -4.76. The highest BCUT2D eigenvalue weighted by molar-refractivity contribution is 7.22. The molecule has 0 saturated heterocycles. The molecule has 0 saturated carbocycles. The quantitative estimate of drug-likeness (QED) is 0.138. The van der Waals surface area contributed by atoms with Gasteiger partial charge in [-0.15, -0.1) is 0 Å². The van der Waals surface area contributed by atoms with Gasteiger partial charge in [-0.1, -0.05) is 53.8 Å². The summed E-state index contributed by atoms with van der Waals surface area (Å²) in [6.45, 7) is 0.777. The third kappa shape index (κ3) is 6.20. The number of benzene rings is 3. The molecule has 0 unspecified atom stereocenters. The van der Waals surface area contributed by atoms with Crippen LogP contribution in [-0.4, -0.2) is 40.0 Å². The maximum absolute atomic E-state index is 12.0. The van der Waals surface area contributed by atoms with Crippen LogP contribution in [0.3, 0.4) is 0 Å². The number of rotatable bonds is 10. The number of aromatic nitrogens is 2. The van der Waals surface area contributed by atoms with Gasteiger partial charge in [0.15, 0.2) is 11.4 Å².